The molecule has 1 unspecified atom stereocenters. The van der Waals surface area contributed by atoms with Gasteiger partial charge in [-0.1, -0.05) is 26.7 Å². The zero-order valence-corrected chi connectivity index (χ0v) is 18.8. The van der Waals surface area contributed by atoms with Gasteiger partial charge in [-0.2, -0.15) is 4.99 Å². The fourth-order valence-electron chi connectivity index (χ4n) is 2.40. The van der Waals surface area contributed by atoms with Crippen molar-refractivity contribution in [3.63, 3.8) is 0 Å². The van der Waals surface area contributed by atoms with E-state index in [1.54, 1.807) is 6.08 Å². The van der Waals surface area contributed by atoms with E-state index in [1.807, 2.05) is 5.01 Å². The number of rotatable bonds is 6. The summed E-state index contributed by atoms with van der Waals surface area (Å²) in [6.07, 6.45) is 6.28. The normalized spacial score (nSPS) is 18.7. The number of unbranched alkanes of at least 4 members (excludes halogenated alkanes) is 1. The molecule has 1 fully saturated rings. The molecule has 0 spiro atoms. The summed E-state index contributed by atoms with van der Waals surface area (Å²) in [4.78, 5) is 25.3. The number of hydrogen-bond acceptors (Lipinski definition) is 7. The zero-order chi connectivity index (χ0) is 21.9. The first-order valence-corrected chi connectivity index (χ1v) is 11.8. The summed E-state index contributed by atoms with van der Waals surface area (Å²) in [7, 11) is -3.15. The van der Waals surface area contributed by atoms with Crippen molar-refractivity contribution in [2.75, 3.05) is 19.9 Å². The van der Waals surface area contributed by atoms with Crippen LogP contribution in [0.4, 0.5) is 4.39 Å². The molecule has 3 rings (SSSR count). The minimum atomic E-state index is -3.15. The molecule has 11 heteroatoms. The van der Waals surface area contributed by atoms with Crippen LogP contribution in [-0.2, 0) is 13.9 Å². The summed E-state index contributed by atoms with van der Waals surface area (Å²) in [5, 5.41) is 2.43. The molecule has 166 valence electrons. The number of nitrogens with zero attached hydrogens (tertiary/aromatic N) is 2. The monoisotopic (exact) mass is 459 g/mol. The molecule has 1 aromatic rings. The van der Waals surface area contributed by atoms with Crippen molar-refractivity contribution in [1.29, 1.82) is 0 Å². The van der Waals surface area contributed by atoms with Gasteiger partial charge in [-0.15, -0.1) is 0 Å². The van der Waals surface area contributed by atoms with E-state index in [2.05, 4.69) is 28.8 Å². The predicted octanol–water partition coefficient (Wildman–Crippen LogP) is 3.94. The number of halogens is 1. The molecule has 0 aromatic heterocycles. The van der Waals surface area contributed by atoms with Crippen LogP contribution in [0.15, 0.2) is 28.1 Å². The van der Waals surface area contributed by atoms with Crippen molar-refractivity contribution in [1.82, 2.24) is 10.4 Å². The summed E-state index contributed by atoms with van der Waals surface area (Å²) >= 11 is 1.22. The highest BCUT2D eigenvalue weighted by Gasteiger charge is 2.27. The van der Waals surface area contributed by atoms with Crippen LogP contribution >= 0.6 is 20.0 Å². The van der Waals surface area contributed by atoms with Gasteiger partial charge in [0.25, 0.3) is 5.91 Å². The smallest absolute Gasteiger partial charge is 0.319 e. The lowest BCUT2D eigenvalue weighted by Crippen LogP contribution is -2.45. The molecule has 8 nitrogen and oxygen atoms in total. The maximum Gasteiger partial charge on any atom is 0.319 e. The Morgan fingerprint density at radius 2 is 2.13 bits per heavy atom. The largest absolute Gasteiger partial charge is 0.466 e. The van der Waals surface area contributed by atoms with Gasteiger partial charge >= 0.3 is 8.25 Å². The molecule has 0 bridgehead atoms. The Hall–Kier alpha value is -1.71. The van der Waals surface area contributed by atoms with Crippen molar-refractivity contribution < 1.29 is 27.9 Å². The summed E-state index contributed by atoms with van der Waals surface area (Å²) in [6.45, 7) is 5.46. The van der Waals surface area contributed by atoms with Gasteiger partial charge in [-0.3, -0.25) is 18.9 Å². The summed E-state index contributed by atoms with van der Waals surface area (Å²) in [6, 6.07) is 3.79. The predicted molar refractivity (Wildman–Crippen MR) is 117 cm³/mol. The van der Waals surface area contributed by atoms with Crippen LogP contribution in [0.3, 0.4) is 0 Å². The molecule has 2 heterocycles. The number of carbonyl (C=O) groups is 1. The lowest BCUT2D eigenvalue weighted by molar-refractivity contribution is -0.113. The summed E-state index contributed by atoms with van der Waals surface area (Å²) in [5.41, 5.74) is 3.62. The highest BCUT2D eigenvalue weighted by molar-refractivity contribution is 8.18. The average Bonchev–Trinajstić information content (AvgIpc) is 3.11. The first kappa shape index (κ1) is 24.6. The molecule has 30 heavy (non-hydrogen) atoms. The summed E-state index contributed by atoms with van der Waals surface area (Å²) in [5.74, 6) is -0.832. The molecule has 1 amide bonds. The molecule has 2 aliphatic heterocycles. The molecule has 2 N–H and O–H groups in total. The number of amidine groups is 1. The second-order valence-corrected chi connectivity index (χ2v) is 8.26. The lowest BCUT2D eigenvalue weighted by atomic mass is 10.2. The van der Waals surface area contributed by atoms with E-state index in [-0.39, 0.29) is 11.7 Å². The molecule has 1 atom stereocenters. The number of carbonyl (C=O) groups excluding carboxylic acids is 1. The quantitative estimate of drug-likeness (QED) is 0.375. The van der Waals surface area contributed by atoms with Crippen molar-refractivity contribution in [3.8, 4) is 5.75 Å². The van der Waals surface area contributed by atoms with E-state index < -0.39 is 20.9 Å². The van der Waals surface area contributed by atoms with Crippen molar-refractivity contribution >= 4 is 37.2 Å². The molecule has 1 aromatic carbocycles. The van der Waals surface area contributed by atoms with Crippen LogP contribution in [0.5, 0.6) is 5.75 Å². The maximum absolute atomic E-state index is 13.5. The van der Waals surface area contributed by atoms with Crippen LogP contribution < -0.4 is 10.2 Å². The minimum absolute atomic E-state index is 0.0960. The van der Waals surface area contributed by atoms with Crippen molar-refractivity contribution in [2.24, 2.45) is 4.99 Å². The van der Waals surface area contributed by atoms with Gasteiger partial charge in [0.15, 0.2) is 12.0 Å². The summed E-state index contributed by atoms with van der Waals surface area (Å²) < 4.78 is 33.7. The van der Waals surface area contributed by atoms with E-state index in [1.165, 1.54) is 36.7 Å². The number of hydrazine groups is 1. The van der Waals surface area contributed by atoms with Gasteiger partial charge in [0, 0.05) is 24.7 Å². The van der Waals surface area contributed by atoms with E-state index >= 15 is 0 Å². The van der Waals surface area contributed by atoms with Crippen LogP contribution in [-0.4, -0.2) is 40.9 Å². The first-order chi connectivity index (χ1) is 14.4. The lowest BCUT2D eigenvalue weighted by Gasteiger charge is -2.28. The fraction of sp³-hybridized carbons (Fsp3) is 0.474. The Bertz CT molecular complexity index is 813. The number of thioether (sulfide) groups is 1. The molecular formula is C19H27FN3O5PS. The van der Waals surface area contributed by atoms with Gasteiger partial charge in [0.1, 0.15) is 11.6 Å². The van der Waals surface area contributed by atoms with Crippen LogP contribution in [0.25, 0.3) is 6.08 Å². The number of aliphatic imine (C=N–C) groups is 1. The Morgan fingerprint density at radius 3 is 2.77 bits per heavy atom. The second kappa shape index (κ2) is 12.9. The maximum atomic E-state index is 13.5. The molecular weight excluding hydrogens is 432 g/mol. The van der Waals surface area contributed by atoms with Gasteiger partial charge in [0.05, 0.1) is 4.91 Å². The number of nitrogens with one attached hydrogen (secondary N) is 1. The number of benzene rings is 1. The molecule has 2 aliphatic rings. The van der Waals surface area contributed by atoms with E-state index in [0.29, 0.717) is 15.6 Å². The second-order valence-electron chi connectivity index (χ2n) is 6.43. The minimum Gasteiger partial charge on any atom is -0.466 e. The number of hydrogen-bond donors (Lipinski definition) is 2. The van der Waals surface area contributed by atoms with Crippen molar-refractivity contribution in [3.05, 3.63) is 34.5 Å². The SMILES string of the molecule is CCCC.O=C1N=C(N2CCCCN2)S/C1=C\c1ccc(F)cc1OCO[PH](=O)O. The van der Waals surface area contributed by atoms with E-state index in [9.17, 15) is 13.8 Å². The van der Waals surface area contributed by atoms with Gasteiger partial charge in [0.2, 0.25) is 0 Å². The van der Waals surface area contributed by atoms with Crippen LogP contribution in [0, 0.1) is 5.82 Å². The van der Waals surface area contributed by atoms with Crippen molar-refractivity contribution in [2.45, 2.75) is 39.5 Å². The van der Waals surface area contributed by atoms with E-state index in [4.69, 9.17) is 9.63 Å². The molecule has 0 saturated carbocycles. The standard InChI is InChI=1S/C15H17FN3O5PS.C4H10/c16-11-4-3-10(12(8-11)23-9-24-25(21)22)7-13-14(20)18-15(26-13)19-6-2-1-5-17-19;1-3-4-2/h3-4,7-8,17,25H,1-2,5-6,9H2,(H,21,22);3-4H2,1-2H3/b13-7-;. The third-order valence-electron chi connectivity index (χ3n) is 4.11. The van der Waals surface area contributed by atoms with Crippen LogP contribution in [0.2, 0.25) is 0 Å². The Kier molecular flexibility index (Phi) is 10.5. The molecule has 0 aliphatic carbocycles. The van der Waals surface area contributed by atoms with Crippen LogP contribution in [0.1, 0.15) is 45.1 Å². The fourth-order valence-corrected chi connectivity index (χ4v) is 3.47. The number of ether oxygens (including phenoxy) is 1. The highest BCUT2D eigenvalue weighted by atomic mass is 32.2. The van der Waals surface area contributed by atoms with Gasteiger partial charge in [-0.25, -0.2) is 9.82 Å². The topological polar surface area (TPSA) is 100 Å². The average molecular weight is 459 g/mol. The molecule has 0 radical (unpaired) electrons. The number of amides is 1. The Morgan fingerprint density at radius 1 is 1.37 bits per heavy atom. The third kappa shape index (κ3) is 7.85. The molecule has 1 saturated heterocycles. The zero-order valence-electron chi connectivity index (χ0n) is 17.0. The first-order valence-electron chi connectivity index (χ1n) is 9.76. The highest BCUT2D eigenvalue weighted by Crippen LogP contribution is 2.33. The Balaban J connectivity index is 0.000000735. The Labute approximate surface area is 180 Å². The third-order valence-corrected chi connectivity index (χ3v) is 5.48. The van der Waals surface area contributed by atoms with Gasteiger partial charge in [-0.05, 0) is 42.8 Å². The van der Waals surface area contributed by atoms with Gasteiger partial charge < -0.3 is 9.63 Å². The van der Waals surface area contributed by atoms with E-state index in [0.717, 1.165) is 32.0 Å².